The van der Waals surface area contributed by atoms with Crippen LogP contribution in [0.3, 0.4) is 0 Å². The molecule has 0 aliphatic carbocycles. The van der Waals surface area contributed by atoms with E-state index in [4.69, 9.17) is 4.52 Å². The van der Waals surface area contributed by atoms with Crippen LogP contribution in [-0.4, -0.2) is 16.3 Å². The average Bonchev–Trinajstić information content (AvgIpc) is 2.76. The maximum Gasteiger partial charge on any atom is 0.138 e. The Bertz CT molecular complexity index is 561. The lowest BCUT2D eigenvalue weighted by Gasteiger charge is -2.18. The van der Waals surface area contributed by atoms with E-state index in [-0.39, 0.29) is 11.9 Å². The van der Waals surface area contributed by atoms with Gasteiger partial charge in [0.15, 0.2) is 0 Å². The third kappa shape index (κ3) is 4.12. The SMILES string of the molecule is Cc1noc(C)c1CN[C@H](C)C[C@@H](O)c1ccc(F)cc1. The van der Waals surface area contributed by atoms with Crippen molar-refractivity contribution in [3.05, 3.63) is 52.7 Å². The van der Waals surface area contributed by atoms with Gasteiger partial charge in [-0.25, -0.2) is 4.39 Å². The van der Waals surface area contributed by atoms with Gasteiger partial charge in [0.25, 0.3) is 0 Å². The van der Waals surface area contributed by atoms with E-state index in [0.717, 1.165) is 22.6 Å². The number of nitrogens with one attached hydrogen (secondary N) is 1. The van der Waals surface area contributed by atoms with E-state index < -0.39 is 6.10 Å². The van der Waals surface area contributed by atoms with Crippen LogP contribution in [0.15, 0.2) is 28.8 Å². The van der Waals surface area contributed by atoms with Crippen molar-refractivity contribution in [1.82, 2.24) is 10.5 Å². The molecule has 4 nitrogen and oxygen atoms in total. The molecule has 2 rings (SSSR count). The molecule has 0 bridgehead atoms. The number of aromatic nitrogens is 1. The Hall–Kier alpha value is -1.72. The minimum Gasteiger partial charge on any atom is -0.388 e. The zero-order valence-corrected chi connectivity index (χ0v) is 12.6. The van der Waals surface area contributed by atoms with Crippen molar-refractivity contribution < 1.29 is 14.0 Å². The highest BCUT2D eigenvalue weighted by Gasteiger charge is 2.14. The van der Waals surface area contributed by atoms with Gasteiger partial charge in [-0.2, -0.15) is 0 Å². The highest BCUT2D eigenvalue weighted by Crippen LogP contribution is 2.19. The smallest absolute Gasteiger partial charge is 0.138 e. The van der Waals surface area contributed by atoms with Gasteiger partial charge >= 0.3 is 0 Å². The number of halogens is 1. The lowest BCUT2D eigenvalue weighted by molar-refractivity contribution is 0.153. The van der Waals surface area contributed by atoms with Crippen LogP contribution in [0.1, 0.15) is 42.0 Å². The number of aryl methyl sites for hydroxylation is 2. The monoisotopic (exact) mass is 292 g/mol. The summed E-state index contributed by atoms with van der Waals surface area (Å²) >= 11 is 0. The van der Waals surface area contributed by atoms with Crippen LogP contribution in [0.2, 0.25) is 0 Å². The first kappa shape index (κ1) is 15.7. The number of benzene rings is 1. The van der Waals surface area contributed by atoms with E-state index in [2.05, 4.69) is 10.5 Å². The van der Waals surface area contributed by atoms with Crippen LogP contribution in [0.4, 0.5) is 4.39 Å². The molecule has 0 spiro atoms. The molecule has 0 aliphatic rings. The zero-order valence-electron chi connectivity index (χ0n) is 12.6. The standard InChI is InChI=1S/C16H21FN2O2/c1-10(18-9-15-11(2)19-21-12(15)3)8-16(20)13-4-6-14(17)7-5-13/h4-7,10,16,18,20H,8-9H2,1-3H3/t10-,16-/m1/s1. The van der Waals surface area contributed by atoms with Crippen LogP contribution in [0.25, 0.3) is 0 Å². The van der Waals surface area contributed by atoms with Gasteiger partial charge in [0.1, 0.15) is 11.6 Å². The quantitative estimate of drug-likeness (QED) is 0.859. The summed E-state index contributed by atoms with van der Waals surface area (Å²) in [6, 6.07) is 6.06. The molecule has 2 atom stereocenters. The molecule has 0 saturated heterocycles. The van der Waals surface area contributed by atoms with E-state index in [9.17, 15) is 9.50 Å². The lowest BCUT2D eigenvalue weighted by Crippen LogP contribution is -2.27. The molecular weight excluding hydrogens is 271 g/mol. The van der Waals surface area contributed by atoms with E-state index in [0.29, 0.717) is 13.0 Å². The molecule has 0 saturated carbocycles. The van der Waals surface area contributed by atoms with Crippen molar-refractivity contribution in [3.63, 3.8) is 0 Å². The van der Waals surface area contributed by atoms with Crippen molar-refractivity contribution in [1.29, 1.82) is 0 Å². The van der Waals surface area contributed by atoms with Gasteiger partial charge in [-0.3, -0.25) is 0 Å². The molecule has 0 unspecified atom stereocenters. The predicted octanol–water partition coefficient (Wildman–Crippen LogP) is 3.03. The summed E-state index contributed by atoms with van der Waals surface area (Å²) in [4.78, 5) is 0. The Morgan fingerprint density at radius 3 is 2.52 bits per heavy atom. The van der Waals surface area contributed by atoms with E-state index in [1.165, 1.54) is 12.1 Å². The summed E-state index contributed by atoms with van der Waals surface area (Å²) < 4.78 is 18.0. The van der Waals surface area contributed by atoms with Gasteiger partial charge in [-0.05, 0) is 44.9 Å². The predicted molar refractivity (Wildman–Crippen MR) is 78.3 cm³/mol. The Morgan fingerprint density at radius 1 is 1.29 bits per heavy atom. The molecule has 2 aromatic rings. The molecule has 114 valence electrons. The van der Waals surface area contributed by atoms with Gasteiger partial charge in [0, 0.05) is 18.2 Å². The third-order valence-corrected chi connectivity index (χ3v) is 3.64. The first-order chi connectivity index (χ1) is 9.97. The molecule has 21 heavy (non-hydrogen) atoms. The average molecular weight is 292 g/mol. The van der Waals surface area contributed by atoms with E-state index in [1.54, 1.807) is 12.1 Å². The molecule has 0 amide bonds. The topological polar surface area (TPSA) is 58.3 Å². The van der Waals surface area contributed by atoms with Gasteiger partial charge < -0.3 is 14.9 Å². The molecule has 5 heteroatoms. The Morgan fingerprint density at radius 2 is 1.95 bits per heavy atom. The van der Waals surface area contributed by atoms with Gasteiger partial charge in [0.2, 0.25) is 0 Å². The van der Waals surface area contributed by atoms with Crippen LogP contribution in [0, 0.1) is 19.7 Å². The summed E-state index contributed by atoms with van der Waals surface area (Å²) in [7, 11) is 0. The normalized spacial score (nSPS) is 14.1. The molecule has 1 aromatic heterocycles. The Kier molecular flexibility index (Phi) is 5.09. The van der Waals surface area contributed by atoms with Crippen molar-refractivity contribution in [2.45, 2.75) is 45.9 Å². The highest BCUT2D eigenvalue weighted by atomic mass is 19.1. The molecule has 0 aliphatic heterocycles. The summed E-state index contributed by atoms with van der Waals surface area (Å²) in [6.07, 6.45) is -0.0626. The zero-order chi connectivity index (χ0) is 15.4. The molecular formula is C16H21FN2O2. The largest absolute Gasteiger partial charge is 0.388 e. The van der Waals surface area contributed by atoms with Gasteiger partial charge in [0.05, 0.1) is 11.8 Å². The first-order valence-corrected chi connectivity index (χ1v) is 7.06. The lowest BCUT2D eigenvalue weighted by atomic mass is 10.0. The van der Waals surface area contributed by atoms with E-state index in [1.807, 2.05) is 20.8 Å². The molecule has 1 heterocycles. The number of hydrogen-bond donors (Lipinski definition) is 2. The van der Waals surface area contributed by atoms with Crippen LogP contribution >= 0.6 is 0 Å². The molecule has 0 fully saturated rings. The Labute approximate surface area is 124 Å². The fourth-order valence-electron chi connectivity index (χ4n) is 2.27. The fourth-order valence-corrected chi connectivity index (χ4v) is 2.27. The number of nitrogens with zero attached hydrogens (tertiary/aromatic N) is 1. The van der Waals surface area contributed by atoms with Crippen molar-refractivity contribution in [2.24, 2.45) is 0 Å². The van der Waals surface area contributed by atoms with Crippen LogP contribution in [0.5, 0.6) is 0 Å². The molecule has 2 N–H and O–H groups in total. The number of aliphatic hydroxyl groups excluding tert-OH is 1. The summed E-state index contributed by atoms with van der Waals surface area (Å²) in [5.41, 5.74) is 2.66. The van der Waals surface area contributed by atoms with Crippen molar-refractivity contribution in [3.8, 4) is 0 Å². The maximum absolute atomic E-state index is 12.9. The number of hydrogen-bond acceptors (Lipinski definition) is 4. The second kappa shape index (κ2) is 6.83. The minimum atomic E-state index is -0.613. The second-order valence-corrected chi connectivity index (χ2v) is 5.39. The molecule has 0 radical (unpaired) electrons. The number of rotatable bonds is 6. The molecule has 1 aromatic carbocycles. The van der Waals surface area contributed by atoms with E-state index >= 15 is 0 Å². The maximum atomic E-state index is 12.9. The first-order valence-electron chi connectivity index (χ1n) is 7.06. The van der Waals surface area contributed by atoms with Gasteiger partial charge in [-0.15, -0.1) is 0 Å². The Balaban J connectivity index is 1.87. The fraction of sp³-hybridized carbons (Fsp3) is 0.438. The van der Waals surface area contributed by atoms with Crippen molar-refractivity contribution in [2.75, 3.05) is 0 Å². The summed E-state index contributed by atoms with van der Waals surface area (Å²) in [6.45, 7) is 6.45. The van der Waals surface area contributed by atoms with Crippen molar-refractivity contribution >= 4 is 0 Å². The van der Waals surface area contributed by atoms with Crippen LogP contribution < -0.4 is 5.32 Å². The third-order valence-electron chi connectivity index (χ3n) is 3.64. The highest BCUT2D eigenvalue weighted by molar-refractivity contribution is 5.21. The summed E-state index contributed by atoms with van der Waals surface area (Å²) in [5.74, 6) is 0.516. The minimum absolute atomic E-state index is 0.110. The summed E-state index contributed by atoms with van der Waals surface area (Å²) in [5, 5.41) is 17.4. The van der Waals surface area contributed by atoms with Gasteiger partial charge in [-0.1, -0.05) is 17.3 Å². The van der Waals surface area contributed by atoms with Crippen LogP contribution in [-0.2, 0) is 6.54 Å². The number of aliphatic hydroxyl groups is 1. The second-order valence-electron chi connectivity index (χ2n) is 5.39.